The fourth-order valence-corrected chi connectivity index (χ4v) is 2.89. The van der Waals surface area contributed by atoms with Crippen LogP contribution in [0.25, 0.3) is 0 Å². The second-order valence-electron chi connectivity index (χ2n) is 5.93. The van der Waals surface area contributed by atoms with Crippen LogP contribution >= 0.6 is 24.8 Å². The third kappa shape index (κ3) is 3.97. The third-order valence-corrected chi connectivity index (χ3v) is 4.56. The van der Waals surface area contributed by atoms with Gasteiger partial charge in [-0.1, -0.05) is 6.92 Å². The Morgan fingerprint density at radius 3 is 2.47 bits per heavy atom. The summed E-state index contributed by atoms with van der Waals surface area (Å²) in [6.07, 6.45) is 3.87. The average Bonchev–Trinajstić information content (AvgIpc) is 2.98. The van der Waals surface area contributed by atoms with Gasteiger partial charge in [0.1, 0.15) is 0 Å². The highest BCUT2D eigenvalue weighted by atomic mass is 35.5. The molecule has 112 valence electrons. The van der Waals surface area contributed by atoms with Crippen molar-refractivity contribution in [1.82, 2.24) is 15.5 Å². The van der Waals surface area contributed by atoms with Crippen LogP contribution in [-0.2, 0) is 4.79 Å². The lowest BCUT2D eigenvalue weighted by molar-refractivity contribution is -0.127. The molecule has 2 heterocycles. The largest absolute Gasteiger partial charge is 0.352 e. The van der Waals surface area contributed by atoms with Crippen molar-refractivity contribution < 1.29 is 4.79 Å². The van der Waals surface area contributed by atoms with Crippen LogP contribution in [0.3, 0.4) is 0 Å². The fraction of sp³-hybridized carbons (Fsp3) is 0.923. The molecule has 3 rings (SSSR count). The van der Waals surface area contributed by atoms with Gasteiger partial charge in [0.05, 0.1) is 0 Å². The van der Waals surface area contributed by atoms with Gasteiger partial charge in [-0.3, -0.25) is 9.69 Å². The Kier molecular flexibility index (Phi) is 6.37. The molecular formula is C13H25Cl2N3O. The van der Waals surface area contributed by atoms with E-state index in [0.717, 1.165) is 32.1 Å². The SMILES string of the molecule is CC(C(=O)NC1CCN(C2CC2)C1)C1CNC1.Cl.Cl. The van der Waals surface area contributed by atoms with Crippen molar-refractivity contribution in [2.45, 2.75) is 38.3 Å². The summed E-state index contributed by atoms with van der Waals surface area (Å²) >= 11 is 0. The summed E-state index contributed by atoms with van der Waals surface area (Å²) in [7, 11) is 0. The van der Waals surface area contributed by atoms with E-state index in [4.69, 9.17) is 0 Å². The molecule has 3 fully saturated rings. The van der Waals surface area contributed by atoms with E-state index in [2.05, 4.69) is 22.5 Å². The Balaban J connectivity index is 0.000000902. The molecule has 1 amide bonds. The first-order valence-corrected chi connectivity index (χ1v) is 6.99. The van der Waals surface area contributed by atoms with Crippen molar-refractivity contribution >= 4 is 30.7 Å². The Bertz CT molecular complexity index is 308. The van der Waals surface area contributed by atoms with Gasteiger partial charge in [0, 0.05) is 31.1 Å². The number of nitrogens with zero attached hydrogens (tertiary/aromatic N) is 1. The highest BCUT2D eigenvalue weighted by molar-refractivity contribution is 5.85. The first-order chi connectivity index (χ1) is 8.24. The Labute approximate surface area is 127 Å². The van der Waals surface area contributed by atoms with Gasteiger partial charge < -0.3 is 10.6 Å². The number of nitrogens with one attached hydrogen (secondary N) is 2. The number of carbonyl (C=O) groups is 1. The molecule has 0 spiro atoms. The quantitative estimate of drug-likeness (QED) is 0.815. The van der Waals surface area contributed by atoms with Crippen LogP contribution in [0.15, 0.2) is 0 Å². The zero-order valence-corrected chi connectivity index (χ0v) is 13.1. The second kappa shape index (κ2) is 7.11. The van der Waals surface area contributed by atoms with Gasteiger partial charge in [-0.25, -0.2) is 0 Å². The van der Waals surface area contributed by atoms with Gasteiger partial charge in [-0.05, 0) is 38.3 Å². The van der Waals surface area contributed by atoms with E-state index in [-0.39, 0.29) is 36.6 Å². The van der Waals surface area contributed by atoms with Gasteiger partial charge >= 0.3 is 0 Å². The number of hydrogen-bond donors (Lipinski definition) is 2. The average molecular weight is 310 g/mol. The molecule has 0 bridgehead atoms. The Morgan fingerprint density at radius 1 is 1.26 bits per heavy atom. The van der Waals surface area contributed by atoms with Crippen molar-refractivity contribution in [3.63, 3.8) is 0 Å². The van der Waals surface area contributed by atoms with Crippen molar-refractivity contribution in [1.29, 1.82) is 0 Å². The maximum Gasteiger partial charge on any atom is 0.223 e. The standard InChI is InChI=1S/C13H23N3O.2ClH/c1-9(10-6-14-7-10)13(17)15-11-4-5-16(8-11)12-2-3-12;;/h9-12,14H,2-8H2,1H3,(H,15,17);2*1H. The molecule has 0 aromatic rings. The van der Waals surface area contributed by atoms with E-state index in [9.17, 15) is 4.79 Å². The molecule has 19 heavy (non-hydrogen) atoms. The summed E-state index contributed by atoms with van der Waals surface area (Å²) in [4.78, 5) is 14.6. The maximum atomic E-state index is 12.1. The molecule has 1 aliphatic carbocycles. The summed E-state index contributed by atoms with van der Waals surface area (Å²) in [6.45, 7) is 6.33. The van der Waals surface area contributed by atoms with Crippen molar-refractivity contribution in [2.24, 2.45) is 11.8 Å². The number of amides is 1. The van der Waals surface area contributed by atoms with Crippen LogP contribution < -0.4 is 10.6 Å². The molecule has 2 saturated heterocycles. The predicted octanol–water partition coefficient (Wildman–Crippen LogP) is 1.04. The second-order valence-corrected chi connectivity index (χ2v) is 5.93. The summed E-state index contributed by atoms with van der Waals surface area (Å²) in [5.74, 6) is 0.987. The van der Waals surface area contributed by atoms with Gasteiger partial charge in [0.2, 0.25) is 5.91 Å². The van der Waals surface area contributed by atoms with Crippen LogP contribution in [0.5, 0.6) is 0 Å². The lowest BCUT2D eigenvalue weighted by Gasteiger charge is -2.32. The summed E-state index contributed by atoms with van der Waals surface area (Å²) < 4.78 is 0. The summed E-state index contributed by atoms with van der Waals surface area (Å²) in [5.41, 5.74) is 0. The van der Waals surface area contributed by atoms with Crippen LogP contribution in [0.4, 0.5) is 0 Å². The first-order valence-electron chi connectivity index (χ1n) is 6.99. The number of halogens is 2. The molecular weight excluding hydrogens is 285 g/mol. The normalized spacial score (nSPS) is 28.8. The molecule has 4 nitrogen and oxygen atoms in total. The Hall–Kier alpha value is -0.0300. The lowest BCUT2D eigenvalue weighted by atomic mass is 9.88. The van der Waals surface area contributed by atoms with Crippen LogP contribution in [0, 0.1) is 11.8 Å². The van der Waals surface area contributed by atoms with Gasteiger partial charge in [-0.15, -0.1) is 24.8 Å². The topological polar surface area (TPSA) is 44.4 Å². The van der Waals surface area contributed by atoms with E-state index in [1.165, 1.54) is 19.4 Å². The van der Waals surface area contributed by atoms with E-state index < -0.39 is 0 Å². The molecule has 0 aromatic carbocycles. The van der Waals surface area contributed by atoms with Crippen molar-refractivity contribution in [2.75, 3.05) is 26.2 Å². The van der Waals surface area contributed by atoms with E-state index in [0.29, 0.717) is 12.0 Å². The molecule has 0 radical (unpaired) electrons. The highest BCUT2D eigenvalue weighted by Gasteiger charge is 2.36. The number of hydrogen-bond acceptors (Lipinski definition) is 3. The molecule has 2 unspecified atom stereocenters. The monoisotopic (exact) mass is 309 g/mol. The van der Waals surface area contributed by atoms with Crippen LogP contribution in [-0.4, -0.2) is 49.1 Å². The van der Waals surface area contributed by atoms with E-state index in [1.54, 1.807) is 0 Å². The van der Waals surface area contributed by atoms with Crippen LogP contribution in [0.1, 0.15) is 26.2 Å². The minimum Gasteiger partial charge on any atom is -0.352 e. The van der Waals surface area contributed by atoms with Gasteiger partial charge in [-0.2, -0.15) is 0 Å². The van der Waals surface area contributed by atoms with Crippen molar-refractivity contribution in [3.8, 4) is 0 Å². The molecule has 0 aromatic heterocycles. The Morgan fingerprint density at radius 2 is 1.95 bits per heavy atom. The van der Waals surface area contributed by atoms with E-state index in [1.807, 2.05) is 0 Å². The minimum absolute atomic E-state index is 0. The number of likely N-dealkylation sites (tertiary alicyclic amines) is 1. The van der Waals surface area contributed by atoms with Crippen LogP contribution in [0.2, 0.25) is 0 Å². The van der Waals surface area contributed by atoms with Gasteiger partial charge in [0.15, 0.2) is 0 Å². The zero-order valence-electron chi connectivity index (χ0n) is 11.4. The zero-order chi connectivity index (χ0) is 11.8. The molecule has 1 saturated carbocycles. The minimum atomic E-state index is 0. The first kappa shape index (κ1) is 17.0. The van der Waals surface area contributed by atoms with Crippen molar-refractivity contribution in [3.05, 3.63) is 0 Å². The predicted molar refractivity (Wildman–Crippen MR) is 81.2 cm³/mol. The lowest BCUT2D eigenvalue weighted by Crippen LogP contribution is -2.51. The number of rotatable bonds is 4. The molecule has 3 aliphatic rings. The summed E-state index contributed by atoms with van der Waals surface area (Å²) in [6, 6.07) is 1.24. The molecule has 2 N–H and O–H groups in total. The maximum absolute atomic E-state index is 12.1. The molecule has 2 aliphatic heterocycles. The molecule has 6 heteroatoms. The molecule has 2 atom stereocenters. The van der Waals surface area contributed by atoms with Gasteiger partial charge in [0.25, 0.3) is 0 Å². The smallest absolute Gasteiger partial charge is 0.223 e. The fourth-order valence-electron chi connectivity index (χ4n) is 2.89. The highest BCUT2D eigenvalue weighted by Crippen LogP contribution is 2.29. The number of carbonyl (C=O) groups excluding carboxylic acids is 1. The third-order valence-electron chi connectivity index (χ3n) is 4.56. The summed E-state index contributed by atoms with van der Waals surface area (Å²) in [5, 5.41) is 6.46. The van der Waals surface area contributed by atoms with E-state index >= 15 is 0 Å².